The van der Waals surface area contributed by atoms with Crippen molar-refractivity contribution in [3.05, 3.63) is 36.0 Å². The second-order valence-electron chi connectivity index (χ2n) is 3.93. The van der Waals surface area contributed by atoms with Crippen LogP contribution in [0.1, 0.15) is 12.5 Å². The Morgan fingerprint density at radius 3 is 2.89 bits per heavy atom. The number of carbonyl (C=O) groups excluding carboxylic acids is 1. The molecule has 2 aromatic rings. The Morgan fingerprint density at radius 2 is 2.17 bits per heavy atom. The number of esters is 1. The SMILES string of the molecule is CCOC(=O)C(Cc1c[nH]c2ccccc12)=NC. The molecule has 4 nitrogen and oxygen atoms in total. The summed E-state index contributed by atoms with van der Waals surface area (Å²) in [6, 6.07) is 7.99. The van der Waals surface area contributed by atoms with E-state index in [1.165, 1.54) is 0 Å². The van der Waals surface area contributed by atoms with Gasteiger partial charge in [-0.15, -0.1) is 0 Å². The molecule has 0 amide bonds. The van der Waals surface area contributed by atoms with Gasteiger partial charge in [0.25, 0.3) is 0 Å². The number of H-pyrrole nitrogens is 1. The zero-order valence-electron chi connectivity index (χ0n) is 10.6. The van der Waals surface area contributed by atoms with E-state index in [0.717, 1.165) is 16.5 Å². The van der Waals surface area contributed by atoms with E-state index >= 15 is 0 Å². The molecule has 0 saturated heterocycles. The minimum Gasteiger partial charge on any atom is -0.462 e. The van der Waals surface area contributed by atoms with Crippen LogP contribution in [0.3, 0.4) is 0 Å². The van der Waals surface area contributed by atoms with Crippen LogP contribution in [0.4, 0.5) is 0 Å². The van der Waals surface area contributed by atoms with Crippen LogP contribution >= 0.6 is 0 Å². The Balaban J connectivity index is 2.25. The molecule has 4 heteroatoms. The highest BCUT2D eigenvalue weighted by molar-refractivity contribution is 6.37. The summed E-state index contributed by atoms with van der Waals surface area (Å²) in [5, 5.41) is 1.11. The lowest BCUT2D eigenvalue weighted by atomic mass is 10.1. The van der Waals surface area contributed by atoms with Crippen molar-refractivity contribution in [2.24, 2.45) is 4.99 Å². The fraction of sp³-hybridized carbons (Fsp3) is 0.286. The average molecular weight is 244 g/mol. The summed E-state index contributed by atoms with van der Waals surface area (Å²) >= 11 is 0. The van der Waals surface area contributed by atoms with E-state index in [1.54, 1.807) is 14.0 Å². The molecule has 2 rings (SSSR count). The molecule has 1 heterocycles. The lowest BCUT2D eigenvalue weighted by Gasteiger charge is -2.04. The van der Waals surface area contributed by atoms with Gasteiger partial charge in [0.15, 0.2) is 0 Å². The van der Waals surface area contributed by atoms with Gasteiger partial charge in [-0.2, -0.15) is 0 Å². The van der Waals surface area contributed by atoms with Crippen LogP contribution in [-0.2, 0) is 16.0 Å². The van der Waals surface area contributed by atoms with Crippen molar-refractivity contribution in [2.75, 3.05) is 13.7 Å². The maximum absolute atomic E-state index is 11.7. The summed E-state index contributed by atoms with van der Waals surface area (Å²) in [5.74, 6) is -0.342. The molecule has 0 unspecified atom stereocenters. The van der Waals surface area contributed by atoms with Crippen molar-refractivity contribution in [1.82, 2.24) is 4.98 Å². The second-order valence-corrected chi connectivity index (χ2v) is 3.93. The van der Waals surface area contributed by atoms with Gasteiger partial charge in [-0.3, -0.25) is 4.99 Å². The topological polar surface area (TPSA) is 54.5 Å². The Morgan fingerprint density at radius 1 is 1.39 bits per heavy atom. The molecule has 0 fully saturated rings. The van der Waals surface area contributed by atoms with Crippen LogP contribution in [-0.4, -0.2) is 30.3 Å². The number of hydrogen-bond donors (Lipinski definition) is 1. The predicted octanol–water partition coefficient (Wildman–Crippen LogP) is 2.34. The number of aliphatic imine (C=N–C) groups is 1. The number of fused-ring (bicyclic) bond motifs is 1. The lowest BCUT2D eigenvalue weighted by Crippen LogP contribution is -2.19. The van der Waals surface area contributed by atoms with Crippen molar-refractivity contribution in [3.8, 4) is 0 Å². The number of rotatable bonds is 4. The number of nitrogens with one attached hydrogen (secondary N) is 1. The molecule has 18 heavy (non-hydrogen) atoms. The fourth-order valence-corrected chi connectivity index (χ4v) is 1.92. The van der Waals surface area contributed by atoms with Crippen LogP contribution in [0.15, 0.2) is 35.5 Å². The van der Waals surface area contributed by atoms with Crippen LogP contribution in [0.25, 0.3) is 10.9 Å². The van der Waals surface area contributed by atoms with E-state index in [9.17, 15) is 4.79 Å². The number of aromatic nitrogens is 1. The number of nitrogens with zero attached hydrogens (tertiary/aromatic N) is 1. The quantitative estimate of drug-likeness (QED) is 0.663. The summed E-state index contributed by atoms with van der Waals surface area (Å²) in [7, 11) is 1.61. The van der Waals surface area contributed by atoms with Gasteiger partial charge >= 0.3 is 5.97 Å². The van der Waals surface area contributed by atoms with Crippen LogP contribution in [0.2, 0.25) is 0 Å². The van der Waals surface area contributed by atoms with E-state index in [2.05, 4.69) is 9.98 Å². The first kappa shape index (κ1) is 12.4. The first-order chi connectivity index (χ1) is 8.76. The third-order valence-corrected chi connectivity index (χ3v) is 2.81. The van der Waals surface area contributed by atoms with Gasteiger partial charge in [-0.1, -0.05) is 18.2 Å². The fourth-order valence-electron chi connectivity index (χ4n) is 1.92. The molecule has 1 aromatic heterocycles. The van der Waals surface area contributed by atoms with Gasteiger partial charge in [0.1, 0.15) is 5.71 Å². The van der Waals surface area contributed by atoms with Crippen LogP contribution < -0.4 is 0 Å². The largest absolute Gasteiger partial charge is 0.462 e. The summed E-state index contributed by atoms with van der Waals surface area (Å²) in [5.41, 5.74) is 2.56. The lowest BCUT2D eigenvalue weighted by molar-refractivity contribution is -0.135. The summed E-state index contributed by atoms with van der Waals surface area (Å²) in [6.07, 6.45) is 2.40. The number of ether oxygens (including phenoxy) is 1. The first-order valence-electron chi connectivity index (χ1n) is 5.94. The third-order valence-electron chi connectivity index (χ3n) is 2.81. The first-order valence-corrected chi connectivity index (χ1v) is 5.94. The Kier molecular flexibility index (Phi) is 3.77. The Bertz CT molecular complexity index is 584. The summed E-state index contributed by atoms with van der Waals surface area (Å²) in [6.45, 7) is 2.16. The van der Waals surface area contributed by atoms with Gasteiger partial charge in [-0.25, -0.2) is 4.79 Å². The van der Waals surface area contributed by atoms with Gasteiger partial charge < -0.3 is 9.72 Å². The van der Waals surface area contributed by atoms with Crippen LogP contribution in [0.5, 0.6) is 0 Å². The van der Waals surface area contributed by atoms with Crippen molar-refractivity contribution in [1.29, 1.82) is 0 Å². The highest BCUT2D eigenvalue weighted by Crippen LogP contribution is 2.18. The molecule has 0 saturated carbocycles. The average Bonchev–Trinajstić information content (AvgIpc) is 2.79. The Hall–Kier alpha value is -2.10. The number of hydrogen-bond acceptors (Lipinski definition) is 3. The van der Waals surface area contributed by atoms with Crippen LogP contribution in [0, 0.1) is 0 Å². The van der Waals surface area contributed by atoms with E-state index < -0.39 is 0 Å². The number of carbonyl (C=O) groups is 1. The monoisotopic (exact) mass is 244 g/mol. The maximum atomic E-state index is 11.7. The number of aromatic amines is 1. The zero-order valence-corrected chi connectivity index (χ0v) is 10.6. The van der Waals surface area contributed by atoms with Gasteiger partial charge in [0.2, 0.25) is 0 Å². The molecule has 0 aliphatic carbocycles. The maximum Gasteiger partial charge on any atom is 0.352 e. The van der Waals surface area contributed by atoms with Gasteiger partial charge in [0.05, 0.1) is 6.61 Å². The van der Waals surface area contributed by atoms with Gasteiger partial charge in [-0.05, 0) is 18.6 Å². The highest BCUT2D eigenvalue weighted by atomic mass is 16.5. The molecule has 0 aliphatic rings. The minimum atomic E-state index is -0.342. The highest BCUT2D eigenvalue weighted by Gasteiger charge is 2.14. The summed E-state index contributed by atoms with van der Waals surface area (Å²) in [4.78, 5) is 18.9. The molecule has 0 spiro atoms. The van der Waals surface area contributed by atoms with E-state index in [1.807, 2.05) is 30.5 Å². The molecular weight excluding hydrogens is 228 g/mol. The van der Waals surface area contributed by atoms with E-state index in [4.69, 9.17) is 4.74 Å². The van der Waals surface area contributed by atoms with E-state index in [0.29, 0.717) is 18.7 Å². The molecule has 0 aliphatic heterocycles. The van der Waals surface area contributed by atoms with Crippen molar-refractivity contribution in [2.45, 2.75) is 13.3 Å². The smallest absolute Gasteiger partial charge is 0.352 e. The number of benzene rings is 1. The Labute approximate surface area is 106 Å². The normalized spacial score (nSPS) is 11.8. The third kappa shape index (κ3) is 2.42. The standard InChI is InChI=1S/C14H16N2O2/c1-3-18-14(17)13(15-2)8-10-9-16-12-7-5-4-6-11(10)12/h4-7,9,16H,3,8H2,1-2H3. The molecule has 1 aromatic carbocycles. The molecule has 94 valence electrons. The molecule has 1 N–H and O–H groups in total. The summed E-state index contributed by atoms with van der Waals surface area (Å²) < 4.78 is 4.98. The van der Waals surface area contributed by atoms with Gasteiger partial charge in [0, 0.05) is 30.6 Å². The molecule has 0 bridgehead atoms. The second kappa shape index (κ2) is 5.49. The predicted molar refractivity (Wildman–Crippen MR) is 72.0 cm³/mol. The molecule has 0 atom stereocenters. The molecular formula is C14H16N2O2. The van der Waals surface area contributed by atoms with Crippen molar-refractivity contribution >= 4 is 22.6 Å². The zero-order chi connectivity index (χ0) is 13.0. The molecule has 0 radical (unpaired) electrons. The van der Waals surface area contributed by atoms with Crippen molar-refractivity contribution < 1.29 is 9.53 Å². The van der Waals surface area contributed by atoms with Crippen molar-refractivity contribution in [3.63, 3.8) is 0 Å². The number of para-hydroxylation sites is 1. The van der Waals surface area contributed by atoms with E-state index in [-0.39, 0.29) is 5.97 Å². The minimum absolute atomic E-state index is 0.342.